The summed E-state index contributed by atoms with van der Waals surface area (Å²) in [6.45, 7) is 5.19. The fraction of sp³-hybridized carbons (Fsp3) is 0.318. The molecule has 1 aliphatic heterocycles. The molecule has 1 fully saturated rings. The third-order valence-corrected chi connectivity index (χ3v) is 6.17. The van der Waals surface area contributed by atoms with Gasteiger partial charge in [0.15, 0.2) is 0 Å². The molecule has 3 rings (SSSR count). The number of nitrogens with one attached hydrogen (secondary N) is 2. The van der Waals surface area contributed by atoms with Gasteiger partial charge in [-0.2, -0.15) is 0 Å². The maximum Gasteiger partial charge on any atom is 0.325 e. The zero-order valence-corrected chi connectivity index (χ0v) is 19.4. The molecule has 1 heterocycles. The molecule has 0 bridgehead atoms. The summed E-state index contributed by atoms with van der Waals surface area (Å²) in [7, 11) is 0. The molecular weight excluding hydrogens is 470 g/mol. The number of urea groups is 1. The Bertz CT molecular complexity index is 1030. The Morgan fingerprint density at radius 2 is 1.93 bits per heavy atom. The standard InChI is InChI=1S/C22H23BrClN3O3/c1-4-13-9-10-17(24)16(5-2)19(13)25-18(28)12-27-20(29)22(3,26-21(27)30)14-7-6-8-15(23)11-14/h6-11H,4-5,12H2,1-3H3,(H,25,28)(H,26,30). The molecule has 6 nitrogen and oxygen atoms in total. The smallest absolute Gasteiger partial charge is 0.324 e. The van der Waals surface area contributed by atoms with E-state index >= 15 is 0 Å². The zero-order valence-electron chi connectivity index (χ0n) is 17.0. The van der Waals surface area contributed by atoms with Crippen LogP contribution in [0.15, 0.2) is 40.9 Å². The van der Waals surface area contributed by atoms with Crippen LogP contribution in [0.2, 0.25) is 5.02 Å². The van der Waals surface area contributed by atoms with Gasteiger partial charge in [0.05, 0.1) is 0 Å². The number of rotatable bonds is 6. The molecule has 1 unspecified atom stereocenters. The van der Waals surface area contributed by atoms with E-state index in [1.807, 2.05) is 32.0 Å². The number of benzene rings is 2. The Kier molecular flexibility index (Phi) is 6.53. The fourth-order valence-corrected chi connectivity index (χ4v) is 4.32. The molecule has 1 atom stereocenters. The van der Waals surface area contributed by atoms with Crippen molar-refractivity contribution < 1.29 is 14.4 Å². The maximum absolute atomic E-state index is 13.1. The van der Waals surface area contributed by atoms with Crippen molar-refractivity contribution in [2.24, 2.45) is 0 Å². The molecule has 4 amide bonds. The Morgan fingerprint density at radius 3 is 2.57 bits per heavy atom. The van der Waals surface area contributed by atoms with Crippen molar-refractivity contribution in [1.82, 2.24) is 10.2 Å². The van der Waals surface area contributed by atoms with Gasteiger partial charge in [-0.1, -0.05) is 59.6 Å². The molecule has 30 heavy (non-hydrogen) atoms. The van der Waals surface area contributed by atoms with Crippen LogP contribution in [0.5, 0.6) is 0 Å². The molecule has 0 aromatic heterocycles. The van der Waals surface area contributed by atoms with Crippen molar-refractivity contribution in [1.29, 1.82) is 0 Å². The Morgan fingerprint density at radius 1 is 1.20 bits per heavy atom. The first kappa shape index (κ1) is 22.3. The van der Waals surface area contributed by atoms with Crippen LogP contribution in [0, 0.1) is 0 Å². The van der Waals surface area contributed by atoms with Gasteiger partial charge >= 0.3 is 6.03 Å². The SMILES string of the molecule is CCc1ccc(Cl)c(CC)c1NC(=O)CN1C(=O)NC(C)(c2cccc(Br)c2)C1=O. The molecule has 2 N–H and O–H groups in total. The number of anilines is 1. The first-order chi connectivity index (χ1) is 14.2. The van der Waals surface area contributed by atoms with Crippen LogP contribution in [0.1, 0.15) is 37.5 Å². The Hall–Kier alpha value is -2.38. The number of aryl methyl sites for hydroxylation is 1. The monoisotopic (exact) mass is 491 g/mol. The summed E-state index contributed by atoms with van der Waals surface area (Å²) in [6.07, 6.45) is 1.36. The average Bonchev–Trinajstić information content (AvgIpc) is 2.92. The van der Waals surface area contributed by atoms with E-state index in [0.29, 0.717) is 29.1 Å². The van der Waals surface area contributed by atoms with E-state index in [-0.39, 0.29) is 6.54 Å². The molecular formula is C22H23BrClN3O3. The minimum atomic E-state index is -1.24. The van der Waals surface area contributed by atoms with Crippen molar-refractivity contribution in [2.45, 2.75) is 39.2 Å². The molecule has 2 aromatic carbocycles. The summed E-state index contributed by atoms with van der Waals surface area (Å²) in [6, 6.07) is 10.2. The summed E-state index contributed by atoms with van der Waals surface area (Å²) in [5, 5.41) is 6.15. The van der Waals surface area contributed by atoms with Crippen molar-refractivity contribution in [3.8, 4) is 0 Å². The van der Waals surface area contributed by atoms with Gasteiger partial charge in [-0.3, -0.25) is 14.5 Å². The highest BCUT2D eigenvalue weighted by Crippen LogP contribution is 2.32. The number of imide groups is 1. The summed E-state index contributed by atoms with van der Waals surface area (Å²) >= 11 is 9.67. The lowest BCUT2D eigenvalue weighted by molar-refractivity contribution is -0.133. The van der Waals surface area contributed by atoms with Gasteiger partial charge in [-0.05, 0) is 54.7 Å². The van der Waals surface area contributed by atoms with Crippen LogP contribution >= 0.6 is 27.5 Å². The second-order valence-corrected chi connectivity index (χ2v) is 8.60. The van der Waals surface area contributed by atoms with E-state index in [2.05, 4.69) is 26.6 Å². The van der Waals surface area contributed by atoms with Gasteiger partial charge in [0, 0.05) is 15.2 Å². The summed E-state index contributed by atoms with van der Waals surface area (Å²) in [4.78, 5) is 39.3. The molecule has 1 aliphatic rings. The Labute approximate surface area is 189 Å². The number of carbonyl (C=O) groups is 3. The van der Waals surface area contributed by atoms with Gasteiger partial charge in [0.2, 0.25) is 5.91 Å². The van der Waals surface area contributed by atoms with Gasteiger partial charge in [0.25, 0.3) is 5.91 Å². The van der Waals surface area contributed by atoms with Crippen LogP contribution in [0.25, 0.3) is 0 Å². The second-order valence-electron chi connectivity index (χ2n) is 7.27. The van der Waals surface area contributed by atoms with Crippen LogP contribution in [-0.4, -0.2) is 29.3 Å². The minimum Gasteiger partial charge on any atom is -0.324 e. The first-order valence-electron chi connectivity index (χ1n) is 9.71. The molecule has 1 saturated heterocycles. The van der Waals surface area contributed by atoms with E-state index in [1.54, 1.807) is 25.1 Å². The minimum absolute atomic E-state index is 0.382. The molecule has 0 saturated carbocycles. The molecule has 158 valence electrons. The predicted molar refractivity (Wildman–Crippen MR) is 121 cm³/mol. The van der Waals surface area contributed by atoms with Crippen molar-refractivity contribution in [3.05, 3.63) is 62.6 Å². The van der Waals surface area contributed by atoms with Crippen LogP contribution in [0.3, 0.4) is 0 Å². The fourth-order valence-electron chi connectivity index (χ4n) is 3.63. The summed E-state index contributed by atoms with van der Waals surface area (Å²) in [5.41, 5.74) is 1.83. The van der Waals surface area contributed by atoms with Gasteiger partial charge in [-0.15, -0.1) is 0 Å². The van der Waals surface area contributed by atoms with E-state index in [4.69, 9.17) is 11.6 Å². The van der Waals surface area contributed by atoms with Crippen molar-refractivity contribution in [2.75, 3.05) is 11.9 Å². The van der Waals surface area contributed by atoms with Gasteiger partial charge < -0.3 is 10.6 Å². The molecule has 2 aromatic rings. The van der Waals surface area contributed by atoms with Crippen molar-refractivity contribution in [3.63, 3.8) is 0 Å². The van der Waals surface area contributed by atoms with Crippen LogP contribution in [0.4, 0.5) is 10.5 Å². The lowest BCUT2D eigenvalue weighted by atomic mass is 9.92. The highest BCUT2D eigenvalue weighted by atomic mass is 79.9. The molecule has 8 heteroatoms. The first-order valence-corrected chi connectivity index (χ1v) is 10.9. The number of amides is 4. The predicted octanol–water partition coefficient (Wildman–Crippen LogP) is 4.63. The topological polar surface area (TPSA) is 78.5 Å². The third-order valence-electron chi connectivity index (χ3n) is 5.32. The quantitative estimate of drug-likeness (QED) is 0.577. The summed E-state index contributed by atoms with van der Waals surface area (Å²) < 4.78 is 0.791. The normalized spacial score (nSPS) is 18.5. The number of halogens is 2. The van der Waals surface area contributed by atoms with E-state index in [1.165, 1.54) is 0 Å². The molecule has 0 spiro atoms. The van der Waals surface area contributed by atoms with E-state index < -0.39 is 23.4 Å². The highest BCUT2D eigenvalue weighted by Gasteiger charge is 2.49. The third kappa shape index (κ3) is 4.09. The zero-order chi connectivity index (χ0) is 22.1. The number of hydrogen-bond donors (Lipinski definition) is 2. The van der Waals surface area contributed by atoms with E-state index in [0.717, 1.165) is 20.5 Å². The lowest BCUT2D eigenvalue weighted by Crippen LogP contribution is -2.42. The number of hydrogen-bond acceptors (Lipinski definition) is 3. The van der Waals surface area contributed by atoms with Crippen LogP contribution in [-0.2, 0) is 28.0 Å². The largest absolute Gasteiger partial charge is 0.325 e. The van der Waals surface area contributed by atoms with E-state index in [9.17, 15) is 14.4 Å². The maximum atomic E-state index is 13.1. The Balaban J connectivity index is 1.82. The molecule has 0 radical (unpaired) electrons. The van der Waals surface area contributed by atoms with Gasteiger partial charge in [-0.25, -0.2) is 4.79 Å². The lowest BCUT2D eigenvalue weighted by Gasteiger charge is -2.22. The summed E-state index contributed by atoms with van der Waals surface area (Å²) in [5.74, 6) is -0.929. The van der Waals surface area contributed by atoms with Crippen molar-refractivity contribution >= 4 is 51.1 Å². The second kappa shape index (κ2) is 8.78. The number of nitrogens with zero attached hydrogens (tertiary/aromatic N) is 1. The average molecular weight is 493 g/mol. The van der Waals surface area contributed by atoms with Gasteiger partial charge in [0.1, 0.15) is 12.1 Å². The van der Waals surface area contributed by atoms with Crippen LogP contribution < -0.4 is 10.6 Å². The highest BCUT2D eigenvalue weighted by molar-refractivity contribution is 9.10. The molecule has 0 aliphatic carbocycles. The number of carbonyl (C=O) groups excluding carboxylic acids is 3.